The normalized spacial score (nSPS) is 18.5. The number of fused-ring (bicyclic) bond motifs is 1. The van der Waals surface area contributed by atoms with Gasteiger partial charge in [-0.3, -0.25) is 4.79 Å². The van der Waals surface area contributed by atoms with Gasteiger partial charge in [0.15, 0.2) is 0 Å². The molecule has 2 aromatic rings. The van der Waals surface area contributed by atoms with Gasteiger partial charge in [0.1, 0.15) is 23.8 Å². The van der Waals surface area contributed by atoms with Crippen LogP contribution in [0.5, 0.6) is 0 Å². The molecule has 194 valence electrons. The van der Waals surface area contributed by atoms with Crippen LogP contribution in [0.4, 0.5) is 10.6 Å². The zero-order valence-electron chi connectivity index (χ0n) is 21.3. The Kier molecular flexibility index (Phi) is 8.30. The van der Waals surface area contributed by atoms with Gasteiger partial charge in [0, 0.05) is 54.2 Å². The van der Waals surface area contributed by atoms with Gasteiger partial charge >= 0.3 is 6.09 Å². The molecular formula is C26H34ClN5O3S. The van der Waals surface area contributed by atoms with Crippen LogP contribution in [0.2, 0.25) is 5.02 Å². The second-order valence-electron chi connectivity index (χ2n) is 10.1. The summed E-state index contributed by atoms with van der Waals surface area (Å²) in [5.41, 5.74) is 2.62. The summed E-state index contributed by atoms with van der Waals surface area (Å²) in [6.07, 6.45) is 2.44. The van der Waals surface area contributed by atoms with Gasteiger partial charge in [0.25, 0.3) is 0 Å². The van der Waals surface area contributed by atoms with E-state index in [1.807, 2.05) is 28.8 Å². The topological polar surface area (TPSA) is 87.7 Å². The zero-order chi connectivity index (χ0) is 25.9. The number of nitrogens with one attached hydrogen (secondary N) is 1. The number of ether oxygens (including phenoxy) is 1. The maximum Gasteiger partial charge on any atom is 0.408 e. The first-order valence-corrected chi connectivity index (χ1v) is 13.8. The van der Waals surface area contributed by atoms with E-state index in [0.29, 0.717) is 42.9 Å². The molecule has 0 bridgehead atoms. The molecule has 8 nitrogen and oxygen atoms in total. The summed E-state index contributed by atoms with van der Waals surface area (Å²) in [4.78, 5) is 39.3. The highest BCUT2D eigenvalue weighted by Crippen LogP contribution is 2.46. The number of benzene rings is 1. The zero-order valence-corrected chi connectivity index (χ0v) is 22.9. The Bertz CT molecular complexity index is 1080. The average Bonchev–Trinajstić information content (AvgIpc) is 3.27. The SMILES string of the molecule is CCC1SCc2ncnc(N3CCN(C(=O)C(Cc4ccc(Cl)cc4)NC(=O)OC(C)(C)C)CC3)c21. The Hall–Kier alpha value is -2.52. The molecule has 3 heterocycles. The van der Waals surface area contributed by atoms with E-state index in [1.165, 1.54) is 5.56 Å². The van der Waals surface area contributed by atoms with Crippen LogP contribution in [0.1, 0.15) is 56.2 Å². The monoisotopic (exact) mass is 531 g/mol. The Labute approximate surface area is 222 Å². The minimum atomic E-state index is -0.739. The molecule has 1 saturated heterocycles. The number of thioether (sulfide) groups is 1. The number of hydrogen-bond donors (Lipinski definition) is 1. The third kappa shape index (κ3) is 6.42. The number of aromatic nitrogens is 2. The lowest BCUT2D eigenvalue weighted by atomic mass is 10.0. The summed E-state index contributed by atoms with van der Waals surface area (Å²) in [5.74, 6) is 1.80. The molecule has 0 spiro atoms. The molecule has 1 N–H and O–H groups in total. The lowest BCUT2D eigenvalue weighted by molar-refractivity contribution is -0.133. The first kappa shape index (κ1) is 26.5. The van der Waals surface area contributed by atoms with Gasteiger partial charge in [0.2, 0.25) is 5.91 Å². The molecule has 0 aliphatic carbocycles. The minimum absolute atomic E-state index is 0.120. The maximum atomic E-state index is 13.6. The second kappa shape index (κ2) is 11.3. The van der Waals surface area contributed by atoms with Crippen molar-refractivity contribution >= 4 is 41.2 Å². The van der Waals surface area contributed by atoms with Gasteiger partial charge in [-0.05, 0) is 44.9 Å². The molecule has 1 aromatic heterocycles. The second-order valence-corrected chi connectivity index (χ2v) is 11.7. The number of alkyl carbamates (subject to hydrolysis) is 1. The average molecular weight is 532 g/mol. The van der Waals surface area contributed by atoms with Gasteiger partial charge < -0.3 is 19.9 Å². The standard InChI is InChI=1S/C26H34ClN5O3S/c1-5-21-22-20(15-36-21)28-16-29-23(22)31-10-12-32(13-11-31)24(33)19(30-25(34)35-26(2,3)4)14-17-6-8-18(27)9-7-17/h6-9,16,19,21H,5,10-15H2,1-4H3,(H,30,34). The third-order valence-corrected chi connectivity index (χ3v) is 7.96. The van der Waals surface area contributed by atoms with Gasteiger partial charge in [-0.15, -0.1) is 11.8 Å². The quantitative estimate of drug-likeness (QED) is 0.582. The van der Waals surface area contributed by atoms with Crippen LogP contribution in [0, 0.1) is 0 Å². The van der Waals surface area contributed by atoms with Crippen LogP contribution in [0.25, 0.3) is 0 Å². The number of halogens is 1. The molecule has 2 aliphatic rings. The van der Waals surface area contributed by atoms with E-state index in [9.17, 15) is 9.59 Å². The fourth-order valence-electron chi connectivity index (χ4n) is 4.57. The number of carbonyl (C=O) groups excluding carboxylic acids is 2. The van der Waals surface area contributed by atoms with E-state index in [2.05, 4.69) is 27.1 Å². The van der Waals surface area contributed by atoms with Crippen molar-refractivity contribution < 1.29 is 14.3 Å². The fraction of sp³-hybridized carbons (Fsp3) is 0.538. The summed E-state index contributed by atoms with van der Waals surface area (Å²) in [5, 5.41) is 3.84. The van der Waals surface area contributed by atoms with Crippen LogP contribution < -0.4 is 10.2 Å². The van der Waals surface area contributed by atoms with Crippen molar-refractivity contribution in [3.05, 3.63) is 52.4 Å². The number of rotatable bonds is 6. The van der Waals surface area contributed by atoms with E-state index in [4.69, 9.17) is 16.3 Å². The van der Waals surface area contributed by atoms with Crippen LogP contribution in [-0.4, -0.2) is 64.7 Å². The van der Waals surface area contributed by atoms with Crippen LogP contribution in [-0.2, 0) is 21.7 Å². The van der Waals surface area contributed by atoms with E-state index < -0.39 is 17.7 Å². The van der Waals surface area contributed by atoms with Crippen LogP contribution in [0.15, 0.2) is 30.6 Å². The Morgan fingerprint density at radius 3 is 2.50 bits per heavy atom. The minimum Gasteiger partial charge on any atom is -0.444 e. The number of amides is 2. The predicted octanol–water partition coefficient (Wildman–Crippen LogP) is 4.61. The largest absolute Gasteiger partial charge is 0.444 e. The highest BCUT2D eigenvalue weighted by atomic mass is 35.5. The number of nitrogens with zero attached hydrogens (tertiary/aromatic N) is 4. The molecule has 2 atom stereocenters. The maximum absolute atomic E-state index is 13.6. The highest BCUT2D eigenvalue weighted by molar-refractivity contribution is 7.99. The van der Waals surface area contributed by atoms with E-state index in [-0.39, 0.29) is 5.91 Å². The Balaban J connectivity index is 1.45. The first-order chi connectivity index (χ1) is 17.1. The van der Waals surface area contributed by atoms with Crippen molar-refractivity contribution in [1.29, 1.82) is 0 Å². The van der Waals surface area contributed by atoms with Crippen molar-refractivity contribution in [1.82, 2.24) is 20.2 Å². The summed E-state index contributed by atoms with van der Waals surface area (Å²) in [6, 6.07) is 6.57. The highest BCUT2D eigenvalue weighted by Gasteiger charge is 2.33. The van der Waals surface area contributed by atoms with Gasteiger partial charge in [0.05, 0.1) is 5.69 Å². The van der Waals surface area contributed by atoms with Crippen LogP contribution >= 0.6 is 23.4 Å². The van der Waals surface area contributed by atoms with Gasteiger partial charge in [-0.2, -0.15) is 0 Å². The van der Waals surface area contributed by atoms with E-state index in [0.717, 1.165) is 29.2 Å². The number of piperazine rings is 1. The molecule has 1 fully saturated rings. The smallest absolute Gasteiger partial charge is 0.408 e. The van der Waals surface area contributed by atoms with Crippen molar-refractivity contribution in [2.24, 2.45) is 0 Å². The molecule has 4 rings (SSSR count). The van der Waals surface area contributed by atoms with Gasteiger partial charge in [-0.1, -0.05) is 30.7 Å². The summed E-state index contributed by atoms with van der Waals surface area (Å²) >= 11 is 7.94. The molecule has 1 aromatic carbocycles. The van der Waals surface area contributed by atoms with E-state index >= 15 is 0 Å². The van der Waals surface area contributed by atoms with E-state index in [1.54, 1.807) is 39.2 Å². The van der Waals surface area contributed by atoms with Gasteiger partial charge in [-0.25, -0.2) is 14.8 Å². The summed E-state index contributed by atoms with van der Waals surface area (Å²) in [6.45, 7) is 10.0. The lowest BCUT2D eigenvalue weighted by Crippen LogP contribution is -2.56. The number of hydrogen-bond acceptors (Lipinski definition) is 7. The Morgan fingerprint density at radius 2 is 1.86 bits per heavy atom. The number of anilines is 1. The number of carbonyl (C=O) groups is 2. The molecule has 36 heavy (non-hydrogen) atoms. The molecule has 2 aliphatic heterocycles. The van der Waals surface area contributed by atoms with Crippen molar-refractivity contribution in [2.75, 3.05) is 31.1 Å². The van der Waals surface area contributed by atoms with Crippen molar-refractivity contribution in [3.8, 4) is 0 Å². The molecule has 2 amide bonds. The fourth-order valence-corrected chi connectivity index (χ4v) is 5.93. The third-order valence-electron chi connectivity index (χ3n) is 6.29. The summed E-state index contributed by atoms with van der Waals surface area (Å²) in [7, 11) is 0. The van der Waals surface area contributed by atoms with Crippen molar-refractivity contribution in [2.45, 2.75) is 63.2 Å². The summed E-state index contributed by atoms with van der Waals surface area (Å²) < 4.78 is 5.43. The Morgan fingerprint density at radius 1 is 1.17 bits per heavy atom. The molecule has 10 heteroatoms. The van der Waals surface area contributed by atoms with Crippen LogP contribution in [0.3, 0.4) is 0 Å². The molecule has 0 radical (unpaired) electrons. The lowest BCUT2D eigenvalue weighted by Gasteiger charge is -2.38. The molecule has 2 unspecified atom stereocenters. The van der Waals surface area contributed by atoms with Crippen molar-refractivity contribution in [3.63, 3.8) is 0 Å². The predicted molar refractivity (Wildman–Crippen MR) is 143 cm³/mol. The molecule has 0 saturated carbocycles. The molecular weight excluding hydrogens is 498 g/mol. The first-order valence-electron chi connectivity index (χ1n) is 12.4.